The molecule has 0 saturated carbocycles. The van der Waals surface area contributed by atoms with Gasteiger partial charge in [-0.3, -0.25) is 0 Å². The molecule has 4 aromatic rings. The number of phenols is 1. The van der Waals surface area contributed by atoms with Crippen LogP contribution in [0.1, 0.15) is 38.9 Å². The first kappa shape index (κ1) is 32.2. The minimum atomic E-state index is 0.0281. The zero-order chi connectivity index (χ0) is 28.2. The van der Waals surface area contributed by atoms with Gasteiger partial charge in [0.15, 0.2) is 0 Å². The molecule has 4 rings (SSSR count). The fourth-order valence-electron chi connectivity index (χ4n) is 2.81. The van der Waals surface area contributed by atoms with Gasteiger partial charge in [-0.1, -0.05) is 107 Å². The number of aliphatic hydroxyl groups excluding tert-OH is 1. The molecule has 0 aliphatic carbocycles. The molecule has 6 nitrogen and oxygen atoms in total. The number of hydrogen-bond acceptors (Lipinski definition) is 4. The van der Waals surface area contributed by atoms with Crippen LogP contribution in [-0.4, -0.2) is 10.2 Å². The molecule has 0 spiro atoms. The molecule has 4 aromatic carbocycles. The number of rotatable bonds is 5. The van der Waals surface area contributed by atoms with Crippen LogP contribution >= 0.6 is 11.6 Å². The fraction of sp³-hybridized carbons (Fsp3) is 0.226. The minimum absolute atomic E-state index is 0.0281. The Morgan fingerprint density at radius 1 is 0.684 bits per heavy atom. The van der Waals surface area contributed by atoms with E-state index in [0.717, 1.165) is 11.1 Å². The highest BCUT2D eigenvalue weighted by Gasteiger charge is 1.89. The van der Waals surface area contributed by atoms with Gasteiger partial charge in [-0.25, -0.2) is 0 Å². The van der Waals surface area contributed by atoms with Gasteiger partial charge in [0.25, 0.3) is 0 Å². The molecular weight excluding hydrogens is 496 g/mol. The Hall–Kier alpha value is -3.80. The van der Waals surface area contributed by atoms with Crippen molar-refractivity contribution in [2.75, 3.05) is 0 Å². The van der Waals surface area contributed by atoms with E-state index in [-0.39, 0.29) is 12.4 Å². The molecule has 0 fully saturated rings. The smallest absolute Gasteiger partial charge is 0.115 e. The Morgan fingerprint density at radius 3 is 1.45 bits per heavy atom. The SMILES string of the molecule is Cc1ccc(CCl)cc1.Cc1ccc(CN)cc1.Cc1ccc(CN=[N+]=[N-])cc1.OCc1ccc(O)cc1. The van der Waals surface area contributed by atoms with Crippen LogP contribution in [-0.2, 0) is 25.6 Å². The highest BCUT2D eigenvalue weighted by Crippen LogP contribution is 2.09. The summed E-state index contributed by atoms with van der Waals surface area (Å²) in [5, 5.41) is 20.8. The maximum Gasteiger partial charge on any atom is 0.115 e. The quantitative estimate of drug-likeness (QED) is 0.105. The molecule has 0 aromatic heterocycles. The lowest BCUT2D eigenvalue weighted by Crippen LogP contribution is -1.94. The molecule has 0 atom stereocenters. The Labute approximate surface area is 231 Å². The van der Waals surface area contributed by atoms with Crippen molar-refractivity contribution in [1.29, 1.82) is 0 Å². The summed E-state index contributed by atoms with van der Waals surface area (Å²) < 4.78 is 0. The number of benzene rings is 4. The average Bonchev–Trinajstić information content (AvgIpc) is 2.95. The normalized spacial score (nSPS) is 9.32. The van der Waals surface area contributed by atoms with Crippen molar-refractivity contribution < 1.29 is 10.2 Å². The molecule has 0 aliphatic heterocycles. The fourth-order valence-corrected chi connectivity index (χ4v) is 2.99. The number of aliphatic hydroxyl groups is 1. The molecule has 4 N–H and O–H groups in total. The van der Waals surface area contributed by atoms with E-state index in [4.69, 9.17) is 33.1 Å². The largest absolute Gasteiger partial charge is 0.508 e. The summed E-state index contributed by atoms with van der Waals surface area (Å²) in [6.45, 7) is 7.27. The van der Waals surface area contributed by atoms with Gasteiger partial charge in [-0.05, 0) is 60.7 Å². The number of nitrogens with zero attached hydrogens (tertiary/aromatic N) is 3. The minimum Gasteiger partial charge on any atom is -0.508 e. The van der Waals surface area contributed by atoms with Crippen LogP contribution in [0, 0.1) is 20.8 Å². The molecule has 0 aliphatic rings. The summed E-state index contributed by atoms with van der Waals surface area (Å²) in [7, 11) is 0. The van der Waals surface area contributed by atoms with Crippen molar-refractivity contribution >= 4 is 11.6 Å². The van der Waals surface area contributed by atoms with Crippen molar-refractivity contribution in [3.8, 4) is 5.75 Å². The van der Waals surface area contributed by atoms with E-state index >= 15 is 0 Å². The lowest BCUT2D eigenvalue weighted by Gasteiger charge is -1.94. The predicted octanol–water partition coefficient (Wildman–Crippen LogP) is 7.88. The van der Waals surface area contributed by atoms with Crippen LogP contribution in [0.5, 0.6) is 5.75 Å². The lowest BCUT2D eigenvalue weighted by molar-refractivity contribution is 0.281. The zero-order valence-corrected chi connectivity index (χ0v) is 23.0. The summed E-state index contributed by atoms with van der Waals surface area (Å²) in [5.41, 5.74) is 21.5. The van der Waals surface area contributed by atoms with Gasteiger partial charge < -0.3 is 15.9 Å². The molecule has 0 unspecified atom stereocenters. The highest BCUT2D eigenvalue weighted by atomic mass is 35.5. The third-order valence-corrected chi connectivity index (χ3v) is 5.50. The van der Waals surface area contributed by atoms with Crippen LogP contribution in [0.15, 0.2) is 102 Å². The van der Waals surface area contributed by atoms with Crippen LogP contribution in [0.2, 0.25) is 0 Å². The molecule has 200 valence electrons. The van der Waals surface area contributed by atoms with Crippen molar-refractivity contribution in [2.24, 2.45) is 10.8 Å². The number of nitrogens with two attached hydrogens (primary N) is 1. The van der Waals surface area contributed by atoms with Gasteiger partial charge >= 0.3 is 0 Å². The van der Waals surface area contributed by atoms with Gasteiger partial charge in [0.1, 0.15) is 5.75 Å². The second kappa shape index (κ2) is 19.3. The number of halogens is 1. The van der Waals surface area contributed by atoms with Gasteiger partial charge in [0.05, 0.1) is 13.2 Å². The van der Waals surface area contributed by atoms with Crippen molar-refractivity contribution in [2.45, 2.75) is 46.3 Å². The summed E-state index contributed by atoms with van der Waals surface area (Å²) in [6.07, 6.45) is 0. The number of phenolic OH excluding ortho intramolecular Hbond substituents is 1. The monoisotopic (exact) mass is 532 g/mol. The summed E-state index contributed by atoms with van der Waals surface area (Å²) >= 11 is 5.58. The van der Waals surface area contributed by atoms with Gasteiger partial charge in [-0.15, -0.1) is 11.6 Å². The number of aromatic hydroxyl groups is 1. The first-order chi connectivity index (χ1) is 18.3. The number of azide groups is 1. The second-order valence-electron chi connectivity index (χ2n) is 8.51. The van der Waals surface area contributed by atoms with Gasteiger partial charge in [-0.2, -0.15) is 0 Å². The average molecular weight is 533 g/mol. The number of hydrogen-bond donors (Lipinski definition) is 3. The summed E-state index contributed by atoms with van der Waals surface area (Å²) in [6, 6.07) is 30.8. The van der Waals surface area contributed by atoms with Crippen LogP contribution in [0.4, 0.5) is 0 Å². The van der Waals surface area contributed by atoms with Crippen LogP contribution in [0.3, 0.4) is 0 Å². The van der Waals surface area contributed by atoms with Gasteiger partial charge in [0.2, 0.25) is 0 Å². The molecule has 0 heterocycles. The van der Waals surface area contributed by atoms with Crippen LogP contribution < -0.4 is 5.73 Å². The van der Waals surface area contributed by atoms with E-state index in [1.807, 2.05) is 43.3 Å². The lowest BCUT2D eigenvalue weighted by atomic mass is 10.2. The second-order valence-corrected chi connectivity index (χ2v) is 8.78. The standard InChI is InChI=1S/C8H9Cl.C8H9N3.C8H11N.C7H8O2/c1-7-2-4-8(6-9)5-3-7;1-7-2-4-8(5-3-7)6-10-11-9;1-7-2-4-8(6-9)5-3-7;8-5-6-1-3-7(9)4-2-6/h2-5H,6H2,1H3;2-5H,6H2,1H3;2-5H,6,9H2,1H3;1-4,8-9H,5H2. The summed E-state index contributed by atoms with van der Waals surface area (Å²) in [5.74, 6) is 0.840. The Balaban J connectivity index is 0.000000254. The first-order valence-corrected chi connectivity index (χ1v) is 12.7. The molecule has 0 bridgehead atoms. The molecule has 38 heavy (non-hydrogen) atoms. The Morgan fingerprint density at radius 2 is 1.08 bits per heavy atom. The third-order valence-electron chi connectivity index (χ3n) is 5.19. The molecule has 0 amide bonds. The van der Waals surface area contributed by atoms with Crippen molar-refractivity contribution in [3.05, 3.63) is 146 Å². The van der Waals surface area contributed by atoms with Gasteiger partial charge in [0, 0.05) is 17.3 Å². The summed E-state index contributed by atoms with van der Waals surface area (Å²) in [4.78, 5) is 2.68. The maximum absolute atomic E-state index is 8.77. The first-order valence-electron chi connectivity index (χ1n) is 12.1. The highest BCUT2D eigenvalue weighted by molar-refractivity contribution is 6.17. The Bertz CT molecular complexity index is 1100. The predicted molar refractivity (Wildman–Crippen MR) is 158 cm³/mol. The number of aryl methyl sites for hydroxylation is 3. The zero-order valence-electron chi connectivity index (χ0n) is 22.3. The van der Waals surface area contributed by atoms with Crippen LogP contribution in [0.25, 0.3) is 10.4 Å². The van der Waals surface area contributed by atoms with E-state index in [0.29, 0.717) is 19.0 Å². The van der Waals surface area contributed by atoms with E-state index in [1.54, 1.807) is 24.3 Å². The van der Waals surface area contributed by atoms with E-state index in [2.05, 4.69) is 60.3 Å². The maximum atomic E-state index is 8.77. The third kappa shape index (κ3) is 14.7. The van der Waals surface area contributed by atoms with E-state index < -0.39 is 0 Å². The topological polar surface area (TPSA) is 115 Å². The molecule has 0 saturated heterocycles. The van der Waals surface area contributed by atoms with E-state index in [1.165, 1.54) is 27.8 Å². The number of alkyl halides is 1. The molecule has 7 heteroatoms. The Kier molecular flexibility index (Phi) is 16.4. The van der Waals surface area contributed by atoms with Crippen molar-refractivity contribution in [1.82, 2.24) is 0 Å². The molecule has 0 radical (unpaired) electrons. The van der Waals surface area contributed by atoms with Crippen molar-refractivity contribution in [3.63, 3.8) is 0 Å². The van der Waals surface area contributed by atoms with E-state index in [9.17, 15) is 0 Å². The molecular formula is C31H37ClN4O2.